The third-order valence-corrected chi connectivity index (χ3v) is 3.60. The lowest BCUT2D eigenvalue weighted by molar-refractivity contribution is 0.0294. The van der Waals surface area contributed by atoms with Gasteiger partial charge in [0.25, 0.3) is 0 Å². The van der Waals surface area contributed by atoms with Crippen LogP contribution in [0.5, 0.6) is 0 Å². The van der Waals surface area contributed by atoms with E-state index in [9.17, 15) is 4.79 Å². The van der Waals surface area contributed by atoms with Crippen LogP contribution in [0.25, 0.3) is 0 Å². The third kappa shape index (κ3) is 3.40. The van der Waals surface area contributed by atoms with E-state index >= 15 is 0 Å². The van der Waals surface area contributed by atoms with Crippen LogP contribution in [-0.4, -0.2) is 22.6 Å². The monoisotopic (exact) mass is 265 g/mol. The number of amides is 1. The molecule has 3 heteroatoms. The van der Waals surface area contributed by atoms with E-state index in [2.05, 4.69) is 33.9 Å². The van der Waals surface area contributed by atoms with E-state index in [1.54, 1.807) is 4.90 Å². The highest BCUT2D eigenvalue weighted by atomic mass is 16.6. The van der Waals surface area contributed by atoms with Crippen molar-refractivity contribution in [2.24, 2.45) is 5.41 Å². The molecule has 1 heterocycles. The maximum Gasteiger partial charge on any atom is 0.415 e. The largest absolute Gasteiger partial charge is 0.443 e. The summed E-state index contributed by atoms with van der Waals surface area (Å²) in [6, 6.07) is 0.00218. The molecule has 0 saturated carbocycles. The zero-order valence-corrected chi connectivity index (χ0v) is 13.2. The molecule has 1 amide bonds. The molecule has 1 fully saturated rings. The molecule has 108 valence electrons. The van der Waals surface area contributed by atoms with E-state index in [-0.39, 0.29) is 17.6 Å². The minimum atomic E-state index is -0.498. The lowest BCUT2D eigenvalue weighted by Crippen LogP contribution is -2.39. The van der Waals surface area contributed by atoms with Crippen LogP contribution in [0.3, 0.4) is 0 Å². The zero-order valence-electron chi connectivity index (χ0n) is 13.2. The predicted molar refractivity (Wildman–Crippen MR) is 78.8 cm³/mol. The number of carbonyl (C=O) groups is 1. The molecule has 0 N–H and O–H groups in total. The molecule has 1 aliphatic heterocycles. The van der Waals surface area contributed by atoms with Crippen LogP contribution in [0.1, 0.15) is 54.4 Å². The van der Waals surface area contributed by atoms with Crippen molar-refractivity contribution in [1.82, 2.24) is 4.90 Å². The SMILES string of the molecule is C=C(CC)C1CC(C)(C)C(=C)N1C(=O)OC(C)(C)C. The lowest BCUT2D eigenvalue weighted by atomic mass is 9.86. The topological polar surface area (TPSA) is 29.5 Å². The standard InChI is InChI=1S/C16H27NO2/c1-9-11(2)13-10-16(7,8)12(3)17(13)14(18)19-15(4,5)6/h13H,2-3,9-10H2,1,4-8H3. The summed E-state index contributed by atoms with van der Waals surface area (Å²) in [7, 11) is 0. The van der Waals surface area contributed by atoms with Crippen LogP contribution in [0, 0.1) is 5.41 Å². The van der Waals surface area contributed by atoms with Crippen LogP contribution < -0.4 is 0 Å². The van der Waals surface area contributed by atoms with Gasteiger partial charge in [-0.3, -0.25) is 4.90 Å². The molecule has 1 unspecified atom stereocenters. The number of hydrogen-bond acceptors (Lipinski definition) is 2. The molecule has 1 saturated heterocycles. The smallest absolute Gasteiger partial charge is 0.415 e. The molecular weight excluding hydrogens is 238 g/mol. The molecule has 0 aromatic carbocycles. The minimum absolute atomic E-state index is 0.00218. The van der Waals surface area contributed by atoms with Crippen molar-refractivity contribution in [3.05, 3.63) is 24.4 Å². The summed E-state index contributed by atoms with van der Waals surface area (Å²) >= 11 is 0. The Bertz CT molecular complexity index is 401. The van der Waals surface area contributed by atoms with Crippen LogP contribution in [0.4, 0.5) is 4.79 Å². The van der Waals surface area contributed by atoms with E-state index in [1.807, 2.05) is 20.8 Å². The van der Waals surface area contributed by atoms with Gasteiger partial charge in [-0.05, 0) is 33.6 Å². The van der Waals surface area contributed by atoms with Crippen molar-refractivity contribution in [3.63, 3.8) is 0 Å². The Hall–Kier alpha value is -1.25. The number of nitrogens with zero attached hydrogens (tertiary/aromatic N) is 1. The average Bonchev–Trinajstić information content (AvgIpc) is 2.47. The predicted octanol–water partition coefficient (Wildman–Crippen LogP) is 4.50. The number of rotatable bonds is 2. The minimum Gasteiger partial charge on any atom is -0.443 e. The molecule has 1 atom stereocenters. The fourth-order valence-electron chi connectivity index (χ4n) is 2.32. The van der Waals surface area contributed by atoms with Gasteiger partial charge in [0.15, 0.2) is 0 Å². The molecule has 0 bridgehead atoms. The van der Waals surface area contributed by atoms with Crippen molar-refractivity contribution in [1.29, 1.82) is 0 Å². The highest BCUT2D eigenvalue weighted by molar-refractivity contribution is 5.72. The van der Waals surface area contributed by atoms with Gasteiger partial charge in [0.2, 0.25) is 0 Å². The highest BCUT2D eigenvalue weighted by Gasteiger charge is 2.45. The van der Waals surface area contributed by atoms with Gasteiger partial charge in [-0.1, -0.05) is 39.5 Å². The molecule has 0 aromatic heterocycles. The van der Waals surface area contributed by atoms with Crippen LogP contribution >= 0.6 is 0 Å². The molecule has 0 aromatic rings. The van der Waals surface area contributed by atoms with Crippen molar-refractivity contribution in [2.45, 2.75) is 66.0 Å². The van der Waals surface area contributed by atoms with Gasteiger partial charge >= 0.3 is 6.09 Å². The van der Waals surface area contributed by atoms with Gasteiger partial charge in [-0.15, -0.1) is 0 Å². The van der Waals surface area contributed by atoms with Crippen molar-refractivity contribution < 1.29 is 9.53 Å². The molecule has 0 spiro atoms. The van der Waals surface area contributed by atoms with Gasteiger partial charge in [-0.25, -0.2) is 4.79 Å². The third-order valence-electron chi connectivity index (χ3n) is 3.60. The van der Waals surface area contributed by atoms with E-state index < -0.39 is 5.60 Å². The molecule has 3 nitrogen and oxygen atoms in total. The summed E-state index contributed by atoms with van der Waals surface area (Å²) in [5.41, 5.74) is 1.28. The Morgan fingerprint density at radius 3 is 2.42 bits per heavy atom. The quantitative estimate of drug-likeness (QED) is 0.688. The molecule has 1 aliphatic rings. The van der Waals surface area contributed by atoms with Gasteiger partial charge in [0, 0.05) is 11.1 Å². The first-order valence-electron chi connectivity index (χ1n) is 6.89. The van der Waals surface area contributed by atoms with Gasteiger partial charge in [0.05, 0.1) is 6.04 Å². The number of ether oxygens (including phenoxy) is 1. The second-order valence-corrected chi connectivity index (χ2v) is 6.91. The van der Waals surface area contributed by atoms with Crippen molar-refractivity contribution >= 4 is 6.09 Å². The molecule has 19 heavy (non-hydrogen) atoms. The van der Waals surface area contributed by atoms with Crippen LogP contribution in [-0.2, 0) is 4.74 Å². The van der Waals surface area contributed by atoms with Crippen LogP contribution in [0.15, 0.2) is 24.4 Å². The van der Waals surface area contributed by atoms with Gasteiger partial charge in [0.1, 0.15) is 5.60 Å². The molecule has 1 rings (SSSR count). The Kier molecular flexibility index (Phi) is 4.18. The summed E-state index contributed by atoms with van der Waals surface area (Å²) in [5, 5.41) is 0. The van der Waals surface area contributed by atoms with Gasteiger partial charge in [-0.2, -0.15) is 0 Å². The van der Waals surface area contributed by atoms with E-state index in [1.165, 1.54) is 0 Å². The number of carbonyl (C=O) groups excluding carboxylic acids is 1. The van der Waals surface area contributed by atoms with Crippen LogP contribution in [0.2, 0.25) is 0 Å². The van der Waals surface area contributed by atoms with Crippen molar-refractivity contribution in [2.75, 3.05) is 0 Å². The summed E-state index contributed by atoms with van der Waals surface area (Å²) in [6.45, 7) is 20.1. The van der Waals surface area contributed by atoms with Crippen molar-refractivity contribution in [3.8, 4) is 0 Å². The molecule has 0 aliphatic carbocycles. The summed E-state index contributed by atoms with van der Waals surface area (Å²) in [5.74, 6) is 0. The lowest BCUT2D eigenvalue weighted by Gasteiger charge is -2.30. The van der Waals surface area contributed by atoms with E-state index in [0.717, 1.165) is 24.1 Å². The average molecular weight is 265 g/mol. The summed E-state index contributed by atoms with van der Waals surface area (Å²) < 4.78 is 5.50. The summed E-state index contributed by atoms with van der Waals surface area (Å²) in [4.78, 5) is 14.1. The Balaban J connectivity index is 3.03. The first-order valence-corrected chi connectivity index (χ1v) is 6.89. The van der Waals surface area contributed by atoms with E-state index in [4.69, 9.17) is 4.74 Å². The fraction of sp³-hybridized carbons (Fsp3) is 0.688. The molecular formula is C16H27NO2. The fourth-order valence-corrected chi connectivity index (χ4v) is 2.32. The first-order chi connectivity index (χ1) is 8.49. The van der Waals surface area contributed by atoms with E-state index in [0.29, 0.717) is 0 Å². The number of hydrogen-bond donors (Lipinski definition) is 0. The normalized spacial score (nSPS) is 22.5. The zero-order chi connectivity index (χ0) is 15.0. The Morgan fingerprint density at radius 2 is 2.00 bits per heavy atom. The maximum atomic E-state index is 12.4. The Labute approximate surface area is 117 Å². The summed E-state index contributed by atoms with van der Waals surface area (Å²) in [6.07, 6.45) is 1.40. The Morgan fingerprint density at radius 1 is 1.47 bits per heavy atom. The molecule has 0 radical (unpaired) electrons. The second kappa shape index (κ2) is 5.03. The highest BCUT2D eigenvalue weighted by Crippen LogP contribution is 2.45. The number of likely N-dealkylation sites (tertiary alicyclic amines) is 1. The van der Waals surface area contributed by atoms with Gasteiger partial charge < -0.3 is 4.74 Å². The first kappa shape index (κ1) is 15.8. The number of allylic oxidation sites excluding steroid dienone is 1. The maximum absolute atomic E-state index is 12.4. The second-order valence-electron chi connectivity index (χ2n) is 6.91.